The van der Waals surface area contributed by atoms with Crippen LogP contribution in [0.3, 0.4) is 0 Å². The average Bonchev–Trinajstić information content (AvgIpc) is 3.00. The SMILES string of the molecule is COc1ccc(C(NC(=O)Nc2ccc3c(ccn3C)c2)C(C)C)cc1. The molecule has 1 unspecified atom stereocenters. The van der Waals surface area contributed by atoms with Crippen molar-refractivity contribution < 1.29 is 9.53 Å². The van der Waals surface area contributed by atoms with Crippen molar-refractivity contribution in [3.05, 3.63) is 60.3 Å². The van der Waals surface area contributed by atoms with E-state index in [9.17, 15) is 4.79 Å². The van der Waals surface area contributed by atoms with Gasteiger partial charge in [0.15, 0.2) is 0 Å². The highest BCUT2D eigenvalue weighted by molar-refractivity contribution is 5.93. The van der Waals surface area contributed by atoms with Gasteiger partial charge in [0.05, 0.1) is 13.2 Å². The third kappa shape index (κ3) is 3.82. The number of nitrogens with zero attached hydrogens (tertiary/aromatic N) is 1. The van der Waals surface area contributed by atoms with Crippen LogP contribution in [0.4, 0.5) is 10.5 Å². The highest BCUT2D eigenvalue weighted by atomic mass is 16.5. The van der Waals surface area contributed by atoms with Crippen LogP contribution >= 0.6 is 0 Å². The Kier molecular flexibility index (Phi) is 5.16. The number of benzene rings is 2. The van der Waals surface area contributed by atoms with Crippen molar-refractivity contribution >= 4 is 22.6 Å². The molecule has 2 amide bonds. The van der Waals surface area contributed by atoms with Gasteiger partial charge in [0, 0.05) is 29.8 Å². The van der Waals surface area contributed by atoms with Crippen LogP contribution in [0.25, 0.3) is 10.9 Å². The Morgan fingerprint density at radius 1 is 1.08 bits per heavy atom. The fraction of sp³-hybridized carbons (Fsp3) is 0.286. The summed E-state index contributed by atoms with van der Waals surface area (Å²) in [6, 6.07) is 15.4. The molecule has 3 aromatic rings. The first-order chi connectivity index (χ1) is 12.5. The Bertz CT molecular complexity index is 897. The van der Waals surface area contributed by atoms with Crippen LogP contribution in [0.2, 0.25) is 0 Å². The Hall–Kier alpha value is -2.95. The Balaban J connectivity index is 1.72. The first kappa shape index (κ1) is 17.9. The van der Waals surface area contributed by atoms with E-state index in [1.54, 1.807) is 7.11 Å². The van der Waals surface area contributed by atoms with E-state index in [-0.39, 0.29) is 18.0 Å². The van der Waals surface area contributed by atoms with Crippen molar-refractivity contribution in [2.24, 2.45) is 13.0 Å². The minimum atomic E-state index is -0.213. The van der Waals surface area contributed by atoms with Gasteiger partial charge in [-0.3, -0.25) is 0 Å². The largest absolute Gasteiger partial charge is 0.497 e. The van der Waals surface area contributed by atoms with Crippen molar-refractivity contribution in [2.45, 2.75) is 19.9 Å². The number of ether oxygens (including phenoxy) is 1. The number of fused-ring (bicyclic) bond motifs is 1. The second-order valence-electron chi connectivity index (χ2n) is 6.79. The van der Waals surface area contributed by atoms with E-state index in [2.05, 4.69) is 29.0 Å². The van der Waals surface area contributed by atoms with Crippen molar-refractivity contribution in [1.82, 2.24) is 9.88 Å². The molecule has 3 rings (SSSR count). The third-order valence-corrected chi connectivity index (χ3v) is 4.57. The predicted octanol–water partition coefficient (Wildman–Crippen LogP) is 4.71. The number of amides is 2. The van der Waals surface area contributed by atoms with Gasteiger partial charge in [0.25, 0.3) is 0 Å². The molecule has 2 aromatic carbocycles. The van der Waals surface area contributed by atoms with Crippen molar-refractivity contribution in [3.63, 3.8) is 0 Å². The minimum Gasteiger partial charge on any atom is -0.497 e. The summed E-state index contributed by atoms with van der Waals surface area (Å²) in [4.78, 5) is 12.5. The maximum Gasteiger partial charge on any atom is 0.319 e. The van der Waals surface area contributed by atoms with E-state index in [1.807, 2.05) is 61.8 Å². The molecule has 0 aliphatic rings. The Labute approximate surface area is 154 Å². The standard InChI is InChI=1S/C21H25N3O2/c1-14(2)20(15-5-8-18(26-4)9-6-15)23-21(25)22-17-7-10-19-16(13-17)11-12-24(19)3/h5-14,20H,1-4H3,(H2,22,23,25). The van der Waals surface area contributed by atoms with Gasteiger partial charge in [-0.1, -0.05) is 26.0 Å². The lowest BCUT2D eigenvalue weighted by Crippen LogP contribution is -2.35. The number of urea groups is 1. The highest BCUT2D eigenvalue weighted by Gasteiger charge is 2.18. The van der Waals surface area contributed by atoms with E-state index in [0.29, 0.717) is 0 Å². The molecule has 2 N–H and O–H groups in total. The van der Waals surface area contributed by atoms with Crippen LogP contribution in [0, 0.1) is 5.92 Å². The molecule has 1 atom stereocenters. The summed E-state index contributed by atoms with van der Waals surface area (Å²) < 4.78 is 7.26. The third-order valence-electron chi connectivity index (χ3n) is 4.57. The molecule has 5 nitrogen and oxygen atoms in total. The van der Waals surface area contributed by atoms with Gasteiger partial charge in [-0.05, 0) is 47.9 Å². The molecule has 0 spiro atoms. The Morgan fingerprint density at radius 3 is 2.46 bits per heavy atom. The minimum absolute atomic E-state index is 0.0821. The van der Waals surface area contributed by atoms with Gasteiger partial charge in [-0.25, -0.2) is 4.79 Å². The van der Waals surface area contributed by atoms with Gasteiger partial charge >= 0.3 is 6.03 Å². The van der Waals surface area contributed by atoms with Crippen molar-refractivity contribution in [1.29, 1.82) is 0 Å². The number of carbonyl (C=O) groups is 1. The molecule has 0 aliphatic heterocycles. The van der Waals surface area contributed by atoms with Crippen molar-refractivity contribution in [2.75, 3.05) is 12.4 Å². The molecule has 1 heterocycles. The van der Waals surface area contributed by atoms with E-state index >= 15 is 0 Å². The Morgan fingerprint density at radius 2 is 1.81 bits per heavy atom. The fourth-order valence-corrected chi connectivity index (χ4v) is 3.11. The molecule has 1 aromatic heterocycles. The predicted molar refractivity (Wildman–Crippen MR) is 106 cm³/mol. The quantitative estimate of drug-likeness (QED) is 0.700. The second-order valence-corrected chi connectivity index (χ2v) is 6.79. The zero-order chi connectivity index (χ0) is 18.7. The summed E-state index contributed by atoms with van der Waals surface area (Å²) in [5.74, 6) is 1.06. The molecule has 0 aliphatic carbocycles. The fourth-order valence-electron chi connectivity index (χ4n) is 3.11. The maximum absolute atomic E-state index is 12.5. The first-order valence-corrected chi connectivity index (χ1v) is 8.74. The van der Waals surface area contributed by atoms with Gasteiger partial charge in [-0.2, -0.15) is 0 Å². The molecule has 136 valence electrons. The second kappa shape index (κ2) is 7.52. The number of aryl methyl sites for hydroxylation is 1. The van der Waals surface area contributed by atoms with Crippen LogP contribution in [-0.4, -0.2) is 17.7 Å². The van der Waals surface area contributed by atoms with Crippen LogP contribution < -0.4 is 15.4 Å². The summed E-state index contributed by atoms with van der Waals surface area (Å²) in [5.41, 5.74) is 2.96. The molecule has 0 saturated carbocycles. The van der Waals surface area contributed by atoms with Crippen LogP contribution in [0.1, 0.15) is 25.5 Å². The summed E-state index contributed by atoms with van der Waals surface area (Å²) in [6.45, 7) is 4.18. The normalized spacial score (nSPS) is 12.2. The van der Waals surface area contributed by atoms with Crippen molar-refractivity contribution in [3.8, 4) is 5.75 Å². The van der Waals surface area contributed by atoms with Crippen LogP contribution in [0.5, 0.6) is 5.75 Å². The average molecular weight is 351 g/mol. The number of nitrogens with one attached hydrogen (secondary N) is 2. The zero-order valence-corrected chi connectivity index (χ0v) is 15.6. The molecule has 0 radical (unpaired) electrons. The van der Waals surface area contributed by atoms with Crippen LogP contribution in [0.15, 0.2) is 54.7 Å². The summed E-state index contributed by atoms with van der Waals surface area (Å²) in [5, 5.41) is 7.11. The number of carbonyl (C=O) groups excluding carboxylic acids is 1. The highest BCUT2D eigenvalue weighted by Crippen LogP contribution is 2.24. The van der Waals surface area contributed by atoms with E-state index < -0.39 is 0 Å². The summed E-state index contributed by atoms with van der Waals surface area (Å²) in [7, 11) is 3.65. The number of methoxy groups -OCH3 is 1. The monoisotopic (exact) mass is 351 g/mol. The smallest absolute Gasteiger partial charge is 0.319 e. The van der Waals surface area contributed by atoms with E-state index in [0.717, 1.165) is 27.9 Å². The lowest BCUT2D eigenvalue weighted by molar-refractivity contribution is 0.244. The number of anilines is 1. The van der Waals surface area contributed by atoms with Crippen LogP contribution in [-0.2, 0) is 7.05 Å². The maximum atomic E-state index is 12.5. The number of hydrogen-bond donors (Lipinski definition) is 2. The molecule has 5 heteroatoms. The topological polar surface area (TPSA) is 55.3 Å². The zero-order valence-electron chi connectivity index (χ0n) is 15.6. The van der Waals surface area contributed by atoms with Gasteiger partial charge < -0.3 is 19.9 Å². The first-order valence-electron chi connectivity index (χ1n) is 8.74. The summed E-state index contributed by atoms with van der Waals surface area (Å²) >= 11 is 0. The number of aromatic nitrogens is 1. The molecule has 0 saturated heterocycles. The lowest BCUT2D eigenvalue weighted by atomic mass is 9.96. The number of hydrogen-bond acceptors (Lipinski definition) is 2. The molecular formula is C21H25N3O2. The van der Waals surface area contributed by atoms with Gasteiger partial charge in [0.2, 0.25) is 0 Å². The molecule has 0 fully saturated rings. The molecular weight excluding hydrogens is 326 g/mol. The lowest BCUT2D eigenvalue weighted by Gasteiger charge is -2.23. The van der Waals surface area contributed by atoms with Gasteiger partial charge in [0.1, 0.15) is 5.75 Å². The molecule has 0 bridgehead atoms. The summed E-state index contributed by atoms with van der Waals surface area (Å²) in [6.07, 6.45) is 2.01. The van der Waals surface area contributed by atoms with Gasteiger partial charge in [-0.15, -0.1) is 0 Å². The number of rotatable bonds is 5. The van der Waals surface area contributed by atoms with E-state index in [4.69, 9.17) is 4.74 Å². The molecule has 26 heavy (non-hydrogen) atoms. The van der Waals surface area contributed by atoms with E-state index in [1.165, 1.54) is 0 Å².